The Kier molecular flexibility index (Phi) is 5.84. The van der Waals surface area contributed by atoms with Gasteiger partial charge in [0.1, 0.15) is 10.7 Å². The second kappa shape index (κ2) is 8.66. The van der Waals surface area contributed by atoms with Crippen molar-refractivity contribution in [2.45, 2.75) is 44.0 Å². The highest BCUT2D eigenvalue weighted by Crippen LogP contribution is 2.30. The van der Waals surface area contributed by atoms with Crippen LogP contribution in [0, 0.1) is 6.92 Å². The number of aryl methyl sites for hydroxylation is 2. The van der Waals surface area contributed by atoms with Crippen LogP contribution < -0.4 is 5.56 Å². The van der Waals surface area contributed by atoms with E-state index in [0.717, 1.165) is 31.5 Å². The maximum absolute atomic E-state index is 13.3. The summed E-state index contributed by atoms with van der Waals surface area (Å²) in [6.45, 7) is 3.58. The minimum absolute atomic E-state index is 0.0523. The van der Waals surface area contributed by atoms with Crippen LogP contribution in [0.5, 0.6) is 0 Å². The molecule has 2 aromatic heterocycles. The van der Waals surface area contributed by atoms with E-state index >= 15 is 0 Å². The minimum Gasteiger partial charge on any atom is -0.335 e. The van der Waals surface area contributed by atoms with E-state index < -0.39 is 10.0 Å². The molecule has 1 aromatic carbocycles. The van der Waals surface area contributed by atoms with Gasteiger partial charge in [-0.2, -0.15) is 4.31 Å². The molecule has 2 aliphatic heterocycles. The zero-order chi connectivity index (χ0) is 23.2. The molecule has 0 spiro atoms. The van der Waals surface area contributed by atoms with Gasteiger partial charge in [0.15, 0.2) is 0 Å². The Hall–Kier alpha value is -2.56. The minimum atomic E-state index is -3.58. The van der Waals surface area contributed by atoms with Gasteiger partial charge in [-0.15, -0.1) is 11.3 Å². The summed E-state index contributed by atoms with van der Waals surface area (Å²) in [5, 5.41) is 0.541. The van der Waals surface area contributed by atoms with E-state index in [1.807, 2.05) is 6.92 Å². The zero-order valence-corrected chi connectivity index (χ0v) is 20.1. The Morgan fingerprint density at radius 3 is 2.45 bits per heavy atom. The van der Waals surface area contributed by atoms with Gasteiger partial charge in [0.25, 0.3) is 11.5 Å². The fourth-order valence-corrected chi connectivity index (χ4v) is 7.23. The number of sulfonamides is 1. The molecule has 0 N–H and O–H groups in total. The SMILES string of the molecule is Cc1c(C(=O)N2CCN(S(=O)(=O)c3ccccc3)CC2)sc2nc3n(c(=O)c12)CCCCC3. The van der Waals surface area contributed by atoms with Crippen LogP contribution in [0.25, 0.3) is 10.2 Å². The molecule has 3 aromatic rings. The highest BCUT2D eigenvalue weighted by Gasteiger charge is 2.32. The lowest BCUT2D eigenvalue weighted by Gasteiger charge is -2.33. The van der Waals surface area contributed by atoms with Gasteiger partial charge in [0.05, 0.1) is 15.2 Å². The van der Waals surface area contributed by atoms with E-state index in [1.165, 1.54) is 15.6 Å². The van der Waals surface area contributed by atoms with Gasteiger partial charge in [0.2, 0.25) is 10.0 Å². The summed E-state index contributed by atoms with van der Waals surface area (Å²) in [5.41, 5.74) is 0.625. The molecular formula is C23H26N4O4S2. The van der Waals surface area contributed by atoms with Crippen LogP contribution >= 0.6 is 11.3 Å². The molecule has 0 saturated carbocycles. The number of hydrogen-bond donors (Lipinski definition) is 0. The number of thiophene rings is 1. The van der Waals surface area contributed by atoms with E-state index in [-0.39, 0.29) is 29.5 Å². The molecule has 174 valence electrons. The van der Waals surface area contributed by atoms with Gasteiger partial charge in [0, 0.05) is 39.1 Å². The molecule has 1 saturated heterocycles. The van der Waals surface area contributed by atoms with Crippen molar-refractivity contribution in [3.8, 4) is 0 Å². The Morgan fingerprint density at radius 2 is 1.73 bits per heavy atom. The number of aromatic nitrogens is 2. The Labute approximate surface area is 196 Å². The summed E-state index contributed by atoms with van der Waals surface area (Å²) in [4.78, 5) is 34.3. The number of rotatable bonds is 3. The van der Waals surface area contributed by atoms with Gasteiger partial charge in [-0.1, -0.05) is 24.6 Å². The molecule has 33 heavy (non-hydrogen) atoms. The maximum atomic E-state index is 13.3. The Balaban J connectivity index is 1.38. The molecule has 1 amide bonds. The van der Waals surface area contributed by atoms with Crippen molar-refractivity contribution in [1.29, 1.82) is 0 Å². The summed E-state index contributed by atoms with van der Waals surface area (Å²) in [6.07, 6.45) is 3.85. The summed E-state index contributed by atoms with van der Waals surface area (Å²) < 4.78 is 28.9. The lowest BCUT2D eigenvalue weighted by atomic mass is 10.2. The second-order valence-electron chi connectivity index (χ2n) is 8.54. The Bertz CT molecular complexity index is 1370. The molecule has 4 heterocycles. The molecule has 0 radical (unpaired) electrons. The van der Waals surface area contributed by atoms with Crippen LogP contribution in [-0.2, 0) is 23.0 Å². The van der Waals surface area contributed by atoms with Crippen LogP contribution in [0.4, 0.5) is 0 Å². The normalized spacial score (nSPS) is 17.7. The predicted octanol–water partition coefficient (Wildman–Crippen LogP) is 2.64. The summed E-state index contributed by atoms with van der Waals surface area (Å²) in [7, 11) is -3.58. The number of amides is 1. The van der Waals surface area contributed by atoms with Gasteiger partial charge >= 0.3 is 0 Å². The van der Waals surface area contributed by atoms with Crippen molar-refractivity contribution >= 4 is 37.5 Å². The first kappa shape index (κ1) is 22.2. The summed E-state index contributed by atoms with van der Waals surface area (Å²) in [6, 6.07) is 8.35. The van der Waals surface area contributed by atoms with Crippen LogP contribution in [0.15, 0.2) is 40.0 Å². The molecule has 0 bridgehead atoms. The smallest absolute Gasteiger partial charge is 0.264 e. The largest absolute Gasteiger partial charge is 0.335 e. The quantitative estimate of drug-likeness (QED) is 0.568. The highest BCUT2D eigenvalue weighted by atomic mass is 32.2. The average Bonchev–Trinajstić information content (AvgIpc) is 2.99. The van der Waals surface area contributed by atoms with Crippen molar-refractivity contribution in [2.75, 3.05) is 26.2 Å². The highest BCUT2D eigenvalue weighted by molar-refractivity contribution is 7.89. The molecule has 5 rings (SSSR count). The maximum Gasteiger partial charge on any atom is 0.264 e. The first-order valence-corrected chi connectivity index (χ1v) is 13.5. The van der Waals surface area contributed by atoms with Crippen LogP contribution in [0.2, 0.25) is 0 Å². The van der Waals surface area contributed by atoms with Crippen molar-refractivity contribution in [1.82, 2.24) is 18.8 Å². The van der Waals surface area contributed by atoms with E-state index in [4.69, 9.17) is 4.98 Å². The van der Waals surface area contributed by atoms with Gasteiger partial charge in [-0.05, 0) is 37.5 Å². The topological polar surface area (TPSA) is 92.6 Å². The number of hydrogen-bond acceptors (Lipinski definition) is 6. The van der Waals surface area contributed by atoms with Crippen molar-refractivity contribution in [3.63, 3.8) is 0 Å². The van der Waals surface area contributed by atoms with Crippen LogP contribution in [0.3, 0.4) is 0 Å². The third-order valence-electron chi connectivity index (χ3n) is 6.51. The van der Waals surface area contributed by atoms with Crippen molar-refractivity contribution in [3.05, 3.63) is 57.0 Å². The average molecular weight is 487 g/mol. The molecular weight excluding hydrogens is 460 g/mol. The Morgan fingerprint density at radius 1 is 1.00 bits per heavy atom. The lowest BCUT2D eigenvalue weighted by Crippen LogP contribution is -2.50. The third kappa shape index (κ3) is 3.89. The molecule has 2 aliphatic rings. The fraction of sp³-hybridized carbons (Fsp3) is 0.435. The van der Waals surface area contributed by atoms with E-state index in [0.29, 0.717) is 40.3 Å². The van der Waals surface area contributed by atoms with Crippen molar-refractivity contribution in [2.24, 2.45) is 0 Å². The van der Waals surface area contributed by atoms with E-state index in [9.17, 15) is 18.0 Å². The number of nitrogens with zero attached hydrogens (tertiary/aromatic N) is 4. The molecule has 8 nitrogen and oxygen atoms in total. The second-order valence-corrected chi connectivity index (χ2v) is 11.5. The van der Waals surface area contributed by atoms with E-state index in [2.05, 4.69) is 0 Å². The number of fused-ring (bicyclic) bond motifs is 2. The van der Waals surface area contributed by atoms with Crippen LogP contribution in [-0.4, -0.2) is 59.3 Å². The van der Waals surface area contributed by atoms with Gasteiger partial charge in [-0.3, -0.25) is 14.2 Å². The zero-order valence-electron chi connectivity index (χ0n) is 18.5. The summed E-state index contributed by atoms with van der Waals surface area (Å²) in [5.74, 6) is 0.650. The fourth-order valence-electron chi connectivity index (χ4n) is 4.63. The standard InChI is InChI=1S/C23H26N4O4S2/c1-16-19-21(24-18-10-6-3-7-11-27(18)22(19)28)32-20(16)23(29)25-12-14-26(15-13-25)33(30,31)17-8-4-2-5-9-17/h2,4-5,8-9H,3,6-7,10-15H2,1H3. The van der Waals surface area contributed by atoms with Gasteiger partial charge in [-0.25, -0.2) is 13.4 Å². The first-order chi connectivity index (χ1) is 15.9. The first-order valence-electron chi connectivity index (χ1n) is 11.2. The predicted molar refractivity (Wildman–Crippen MR) is 127 cm³/mol. The summed E-state index contributed by atoms with van der Waals surface area (Å²) >= 11 is 1.28. The van der Waals surface area contributed by atoms with E-state index in [1.54, 1.807) is 39.8 Å². The lowest BCUT2D eigenvalue weighted by molar-refractivity contribution is 0.0702. The molecule has 0 aliphatic carbocycles. The molecule has 0 atom stereocenters. The number of carbonyl (C=O) groups excluding carboxylic acids is 1. The van der Waals surface area contributed by atoms with Crippen LogP contribution in [0.1, 0.15) is 40.3 Å². The molecule has 10 heteroatoms. The molecule has 1 fully saturated rings. The monoisotopic (exact) mass is 486 g/mol. The third-order valence-corrected chi connectivity index (χ3v) is 9.60. The number of carbonyl (C=O) groups is 1. The number of benzene rings is 1. The van der Waals surface area contributed by atoms with Gasteiger partial charge < -0.3 is 4.90 Å². The van der Waals surface area contributed by atoms with Crippen molar-refractivity contribution < 1.29 is 13.2 Å². The molecule has 0 unspecified atom stereocenters. The number of piperazine rings is 1.